The second-order valence-electron chi connectivity index (χ2n) is 20.4. The summed E-state index contributed by atoms with van der Waals surface area (Å²) in [6, 6.07) is 12.8. The number of phenolic OH excluding ortho intramolecular Hbond substituents is 3. The zero-order valence-electron chi connectivity index (χ0n) is 33.3. The van der Waals surface area contributed by atoms with Crippen LogP contribution in [0.2, 0.25) is 0 Å². The molecule has 47 heavy (non-hydrogen) atoms. The van der Waals surface area contributed by atoms with E-state index in [1.165, 1.54) is 0 Å². The van der Waals surface area contributed by atoms with Gasteiger partial charge in [-0.25, -0.2) is 0 Å². The molecule has 0 unspecified atom stereocenters. The fourth-order valence-corrected chi connectivity index (χ4v) is 6.50. The Labute approximate surface area is 287 Å². The minimum absolute atomic E-state index is 0.198. The Bertz CT molecular complexity index is 1450. The fourth-order valence-electron chi connectivity index (χ4n) is 6.50. The van der Waals surface area contributed by atoms with Crippen LogP contribution in [0.1, 0.15) is 182 Å². The van der Waals surface area contributed by atoms with Crippen molar-refractivity contribution >= 4 is 0 Å². The highest BCUT2D eigenvalue weighted by Gasteiger charge is 2.44. The summed E-state index contributed by atoms with van der Waals surface area (Å²) in [5.74, 6) is 0.594. The first kappa shape index (κ1) is 38.5. The molecule has 0 atom stereocenters. The Hall–Kier alpha value is -2.94. The fraction of sp³-hybridized carbons (Fsp3) is 0.591. The normalized spacial score (nSPS) is 14.1. The van der Waals surface area contributed by atoms with Crippen molar-refractivity contribution in [3.63, 3.8) is 0 Å². The Balaban J connectivity index is 2.86. The van der Waals surface area contributed by atoms with Crippen LogP contribution in [0.4, 0.5) is 0 Å². The van der Waals surface area contributed by atoms with Gasteiger partial charge in [0.2, 0.25) is 0 Å². The van der Waals surface area contributed by atoms with Gasteiger partial charge in [-0.2, -0.15) is 0 Å². The van der Waals surface area contributed by atoms with Gasteiger partial charge in [0, 0.05) is 16.7 Å². The van der Waals surface area contributed by atoms with Crippen LogP contribution in [0, 0.1) is 0 Å². The monoisotopic (exact) mass is 643 g/mol. The van der Waals surface area contributed by atoms with Gasteiger partial charge < -0.3 is 15.3 Å². The van der Waals surface area contributed by atoms with Crippen molar-refractivity contribution < 1.29 is 15.3 Å². The van der Waals surface area contributed by atoms with Gasteiger partial charge in [-0.1, -0.05) is 161 Å². The highest BCUT2D eigenvalue weighted by atomic mass is 16.3. The van der Waals surface area contributed by atoms with Crippen LogP contribution < -0.4 is 0 Å². The summed E-state index contributed by atoms with van der Waals surface area (Å²) in [6.45, 7) is 40.9. The van der Waals surface area contributed by atoms with Crippen molar-refractivity contribution in [3.05, 3.63) is 86.5 Å². The van der Waals surface area contributed by atoms with Crippen molar-refractivity contribution in [2.75, 3.05) is 0 Å². The molecule has 3 nitrogen and oxygen atoms in total. The highest BCUT2D eigenvalue weighted by molar-refractivity contribution is 5.68. The minimum Gasteiger partial charge on any atom is -0.507 e. The van der Waals surface area contributed by atoms with Crippen LogP contribution in [-0.2, 0) is 37.9 Å². The molecule has 3 rings (SSSR count). The number of benzene rings is 3. The van der Waals surface area contributed by atoms with Crippen LogP contribution >= 0.6 is 0 Å². The third-order valence-electron chi connectivity index (χ3n) is 9.97. The predicted molar refractivity (Wildman–Crippen MR) is 202 cm³/mol. The van der Waals surface area contributed by atoms with Gasteiger partial charge in [-0.15, -0.1) is 0 Å². The van der Waals surface area contributed by atoms with Gasteiger partial charge in [-0.3, -0.25) is 0 Å². The number of aromatic hydroxyl groups is 3. The summed E-state index contributed by atoms with van der Waals surface area (Å²) in [4.78, 5) is 0. The van der Waals surface area contributed by atoms with E-state index in [0.29, 0.717) is 16.7 Å². The van der Waals surface area contributed by atoms with E-state index < -0.39 is 5.41 Å². The number of rotatable bonds is 3. The van der Waals surface area contributed by atoms with Gasteiger partial charge >= 0.3 is 0 Å². The molecular formula is C44H66O3. The lowest BCUT2D eigenvalue weighted by atomic mass is 9.63. The van der Waals surface area contributed by atoms with Crippen LogP contribution in [0.25, 0.3) is 0 Å². The van der Waals surface area contributed by atoms with E-state index in [-0.39, 0.29) is 49.7 Å². The summed E-state index contributed by atoms with van der Waals surface area (Å²) in [7, 11) is 0. The van der Waals surface area contributed by atoms with Crippen molar-refractivity contribution in [1.29, 1.82) is 0 Å². The Morgan fingerprint density at radius 2 is 0.447 bits per heavy atom. The molecule has 0 radical (unpaired) electrons. The zero-order chi connectivity index (χ0) is 36.7. The van der Waals surface area contributed by atoms with Gasteiger partial charge in [0.1, 0.15) is 17.2 Å². The molecule has 0 bridgehead atoms. The summed E-state index contributed by atoms with van der Waals surface area (Å²) in [5, 5.41) is 37.5. The van der Waals surface area contributed by atoms with Crippen molar-refractivity contribution in [1.82, 2.24) is 0 Å². The van der Waals surface area contributed by atoms with E-state index in [4.69, 9.17) is 0 Å². The second-order valence-corrected chi connectivity index (χ2v) is 20.4. The number of hydrogen-bond acceptors (Lipinski definition) is 3. The largest absolute Gasteiger partial charge is 0.507 e. The van der Waals surface area contributed by atoms with E-state index in [1.807, 2.05) is 0 Å². The van der Waals surface area contributed by atoms with E-state index >= 15 is 0 Å². The molecule has 0 amide bonds. The van der Waals surface area contributed by atoms with Crippen LogP contribution in [0.5, 0.6) is 17.2 Å². The molecule has 0 saturated carbocycles. The molecular weight excluding hydrogens is 576 g/mol. The molecule has 0 aromatic heterocycles. The maximum Gasteiger partial charge on any atom is 0.123 e. The maximum atomic E-state index is 12.5. The molecule has 3 N–H and O–H groups in total. The van der Waals surface area contributed by atoms with Crippen molar-refractivity contribution in [3.8, 4) is 17.2 Å². The Morgan fingerprint density at radius 1 is 0.277 bits per heavy atom. The molecule has 3 aromatic rings. The lowest BCUT2D eigenvalue weighted by Crippen LogP contribution is -2.31. The SMILES string of the molecule is CC(C)(C)c1cc(C(C)(C)C)c(O)c(C(C)(c2cc(C(C)(C)C)cc(C(C)(C)C)c2O)c2cc(C(C)(C)C)cc(C(C)(C)C)c2O)c1. The average Bonchev–Trinajstić information content (AvgIpc) is 2.84. The van der Waals surface area contributed by atoms with Crippen LogP contribution in [-0.4, -0.2) is 15.3 Å². The first-order chi connectivity index (χ1) is 20.7. The van der Waals surface area contributed by atoms with Gasteiger partial charge in [0.05, 0.1) is 5.41 Å². The number of phenols is 3. The predicted octanol–water partition coefficient (Wildman–Crippen LogP) is 11.9. The van der Waals surface area contributed by atoms with Gasteiger partial charge in [-0.05, 0) is 72.8 Å². The average molecular weight is 643 g/mol. The van der Waals surface area contributed by atoms with E-state index in [2.05, 4.69) is 168 Å². The molecule has 0 heterocycles. The van der Waals surface area contributed by atoms with E-state index in [9.17, 15) is 15.3 Å². The molecule has 0 saturated heterocycles. The first-order valence-electron chi connectivity index (χ1n) is 17.4. The minimum atomic E-state index is -1.15. The molecule has 3 aromatic carbocycles. The Kier molecular flexibility index (Phi) is 9.50. The van der Waals surface area contributed by atoms with E-state index in [1.54, 1.807) is 0 Å². The van der Waals surface area contributed by atoms with Crippen LogP contribution in [0.3, 0.4) is 0 Å². The molecule has 0 fully saturated rings. The maximum absolute atomic E-state index is 12.5. The smallest absolute Gasteiger partial charge is 0.123 e. The standard InChI is InChI=1S/C44H66O3/c1-38(2,3)26-20-29(41(10,11)12)35(45)32(23-26)44(19,33-24-27(39(4,5)6)21-30(36(33)46)42(13,14)15)34-25-28(40(7,8)9)22-31(37(34)47)43(16,17)18/h20-25,45-47H,1-19H3. The van der Waals surface area contributed by atoms with Crippen LogP contribution in [0.15, 0.2) is 36.4 Å². The number of hydrogen-bond donors (Lipinski definition) is 3. The van der Waals surface area contributed by atoms with E-state index in [0.717, 1.165) is 33.4 Å². The molecule has 0 aliphatic rings. The summed E-state index contributed by atoms with van der Waals surface area (Å²) in [6.07, 6.45) is 0. The molecule has 0 aliphatic carbocycles. The molecule has 3 heteroatoms. The lowest BCUT2D eigenvalue weighted by molar-refractivity contribution is 0.403. The molecule has 260 valence electrons. The summed E-state index contributed by atoms with van der Waals surface area (Å²) in [5.41, 5.74) is 4.93. The summed E-state index contributed by atoms with van der Waals surface area (Å²) >= 11 is 0. The third-order valence-corrected chi connectivity index (χ3v) is 9.97. The van der Waals surface area contributed by atoms with Crippen molar-refractivity contribution in [2.45, 2.75) is 169 Å². The summed E-state index contributed by atoms with van der Waals surface area (Å²) < 4.78 is 0. The second kappa shape index (κ2) is 11.6. The molecule has 0 spiro atoms. The van der Waals surface area contributed by atoms with Crippen molar-refractivity contribution in [2.24, 2.45) is 0 Å². The first-order valence-corrected chi connectivity index (χ1v) is 17.4. The van der Waals surface area contributed by atoms with Gasteiger partial charge in [0.15, 0.2) is 0 Å². The third kappa shape index (κ3) is 7.40. The topological polar surface area (TPSA) is 60.7 Å². The Morgan fingerprint density at radius 3 is 0.596 bits per heavy atom. The lowest BCUT2D eigenvalue weighted by Gasteiger charge is -2.40. The molecule has 0 aliphatic heterocycles. The van der Waals surface area contributed by atoms with Gasteiger partial charge in [0.25, 0.3) is 0 Å². The zero-order valence-corrected chi connectivity index (χ0v) is 33.3. The highest BCUT2D eigenvalue weighted by Crippen LogP contribution is 2.55. The quantitative estimate of drug-likeness (QED) is 0.249.